The van der Waals surface area contributed by atoms with Crippen LogP contribution in [0.4, 0.5) is 5.69 Å². The van der Waals surface area contributed by atoms with Crippen LogP contribution in [0.15, 0.2) is 47.4 Å². The van der Waals surface area contributed by atoms with Gasteiger partial charge >= 0.3 is 0 Å². The van der Waals surface area contributed by atoms with E-state index in [1.165, 1.54) is 33.5 Å². The van der Waals surface area contributed by atoms with Crippen molar-refractivity contribution in [2.75, 3.05) is 26.1 Å². The molecule has 0 saturated carbocycles. The summed E-state index contributed by atoms with van der Waals surface area (Å²) < 4.78 is 42.4. The number of nitrogens with one attached hydrogen (secondary N) is 1. The Hall–Kier alpha value is -2.41. The van der Waals surface area contributed by atoms with Crippen molar-refractivity contribution in [1.29, 1.82) is 0 Å². The lowest BCUT2D eigenvalue weighted by Crippen LogP contribution is -2.13. The summed E-state index contributed by atoms with van der Waals surface area (Å²) in [7, 11) is 0.833. The lowest BCUT2D eigenvalue weighted by Gasteiger charge is -2.12. The van der Waals surface area contributed by atoms with Crippen LogP contribution in [0.25, 0.3) is 0 Å². The average Bonchev–Trinajstić information content (AvgIpc) is 2.54. The molecule has 2 aromatic rings. The molecule has 0 atom stereocenters. The minimum atomic E-state index is -3.68. The quantitative estimate of drug-likeness (QED) is 0.884. The number of ether oxygens (including phenoxy) is 3. The van der Waals surface area contributed by atoms with E-state index in [4.69, 9.17) is 14.2 Å². The molecule has 0 heterocycles. The Morgan fingerprint density at radius 1 is 0.818 bits per heavy atom. The van der Waals surface area contributed by atoms with Crippen LogP contribution in [0.2, 0.25) is 0 Å². The molecular formula is C15H17NO5S. The predicted octanol–water partition coefficient (Wildman–Crippen LogP) is 2.51. The van der Waals surface area contributed by atoms with E-state index in [-0.39, 0.29) is 4.90 Å². The molecule has 0 aliphatic carbocycles. The fraction of sp³-hybridized carbons (Fsp3) is 0.200. The van der Waals surface area contributed by atoms with Crippen molar-refractivity contribution in [2.24, 2.45) is 0 Å². The summed E-state index contributed by atoms with van der Waals surface area (Å²) in [5.74, 6) is 1.55. The summed E-state index contributed by atoms with van der Waals surface area (Å²) in [4.78, 5) is 0.142. The lowest BCUT2D eigenvalue weighted by molar-refractivity contribution is 0.355. The van der Waals surface area contributed by atoms with Crippen LogP contribution in [0.1, 0.15) is 0 Å². The molecule has 2 rings (SSSR count). The first kappa shape index (κ1) is 16.0. The highest BCUT2D eigenvalue weighted by atomic mass is 32.2. The van der Waals surface area contributed by atoms with E-state index in [1.807, 2.05) is 0 Å². The average molecular weight is 323 g/mol. The fourth-order valence-electron chi connectivity index (χ4n) is 1.87. The van der Waals surface area contributed by atoms with E-state index < -0.39 is 10.0 Å². The van der Waals surface area contributed by atoms with Gasteiger partial charge in [0.05, 0.1) is 31.9 Å². The molecule has 6 nitrogen and oxygen atoms in total. The summed E-state index contributed by atoms with van der Waals surface area (Å²) in [6, 6.07) is 10.9. The zero-order chi connectivity index (χ0) is 16.2. The van der Waals surface area contributed by atoms with Gasteiger partial charge in [-0.2, -0.15) is 0 Å². The first-order valence-corrected chi connectivity index (χ1v) is 7.87. The van der Waals surface area contributed by atoms with Crippen molar-refractivity contribution < 1.29 is 22.6 Å². The summed E-state index contributed by atoms with van der Waals surface area (Å²) >= 11 is 0. The summed E-state index contributed by atoms with van der Waals surface area (Å²) in [5, 5.41) is 0. The van der Waals surface area contributed by atoms with Gasteiger partial charge < -0.3 is 14.2 Å². The topological polar surface area (TPSA) is 73.9 Å². The number of hydrogen-bond acceptors (Lipinski definition) is 5. The molecule has 0 bridgehead atoms. The molecule has 0 radical (unpaired) electrons. The Kier molecular flexibility index (Phi) is 4.77. The summed E-state index contributed by atoms with van der Waals surface area (Å²) in [6.45, 7) is 0. The highest BCUT2D eigenvalue weighted by Crippen LogP contribution is 2.30. The van der Waals surface area contributed by atoms with E-state index in [2.05, 4.69) is 4.72 Å². The highest BCUT2D eigenvalue weighted by molar-refractivity contribution is 7.92. The van der Waals surface area contributed by atoms with Crippen LogP contribution in [0, 0.1) is 0 Å². The number of rotatable bonds is 6. The Balaban J connectivity index is 2.27. The van der Waals surface area contributed by atoms with E-state index in [1.54, 1.807) is 30.3 Å². The van der Waals surface area contributed by atoms with Crippen molar-refractivity contribution >= 4 is 15.7 Å². The van der Waals surface area contributed by atoms with Gasteiger partial charge in [0, 0.05) is 6.07 Å². The second-order valence-electron chi connectivity index (χ2n) is 4.35. The maximum Gasteiger partial charge on any atom is 0.261 e. The second-order valence-corrected chi connectivity index (χ2v) is 6.03. The molecule has 0 fully saturated rings. The van der Waals surface area contributed by atoms with Crippen LogP contribution in [0.3, 0.4) is 0 Å². The van der Waals surface area contributed by atoms with Gasteiger partial charge in [0.1, 0.15) is 5.75 Å². The van der Waals surface area contributed by atoms with Crippen molar-refractivity contribution in [1.82, 2.24) is 0 Å². The van der Waals surface area contributed by atoms with Gasteiger partial charge in [-0.15, -0.1) is 0 Å². The molecule has 0 spiro atoms. The molecule has 22 heavy (non-hydrogen) atoms. The molecule has 0 amide bonds. The Labute approximate surface area is 129 Å². The molecule has 2 aromatic carbocycles. The largest absolute Gasteiger partial charge is 0.497 e. The van der Waals surface area contributed by atoms with Gasteiger partial charge in [-0.1, -0.05) is 0 Å². The highest BCUT2D eigenvalue weighted by Gasteiger charge is 2.15. The fourth-order valence-corrected chi connectivity index (χ4v) is 2.92. The standard InChI is InChI=1S/C15H17NO5S/c1-19-12-5-7-13(8-6-12)22(17,18)16-11-4-9-14(20-2)15(10-11)21-3/h4-10,16H,1-3H3. The first-order valence-electron chi connectivity index (χ1n) is 6.39. The number of benzene rings is 2. The first-order chi connectivity index (χ1) is 10.5. The Morgan fingerprint density at radius 3 is 2.00 bits per heavy atom. The van der Waals surface area contributed by atoms with Crippen LogP contribution in [-0.4, -0.2) is 29.7 Å². The van der Waals surface area contributed by atoms with Crippen molar-refractivity contribution in [3.8, 4) is 17.2 Å². The van der Waals surface area contributed by atoms with Gasteiger partial charge in [0.25, 0.3) is 10.0 Å². The van der Waals surface area contributed by atoms with E-state index in [0.29, 0.717) is 22.9 Å². The number of anilines is 1. The molecule has 118 valence electrons. The summed E-state index contributed by atoms with van der Waals surface area (Å²) in [6.07, 6.45) is 0. The van der Waals surface area contributed by atoms with E-state index in [0.717, 1.165) is 0 Å². The Morgan fingerprint density at radius 2 is 1.45 bits per heavy atom. The minimum Gasteiger partial charge on any atom is -0.497 e. The van der Waals surface area contributed by atoms with Crippen LogP contribution in [0.5, 0.6) is 17.2 Å². The number of methoxy groups -OCH3 is 3. The third-order valence-electron chi connectivity index (χ3n) is 3.01. The third kappa shape index (κ3) is 3.43. The van der Waals surface area contributed by atoms with Gasteiger partial charge in [-0.25, -0.2) is 8.42 Å². The molecule has 1 N–H and O–H groups in total. The van der Waals surface area contributed by atoms with Crippen molar-refractivity contribution in [3.05, 3.63) is 42.5 Å². The van der Waals surface area contributed by atoms with Crippen molar-refractivity contribution in [3.63, 3.8) is 0 Å². The molecule has 0 unspecified atom stereocenters. The number of sulfonamides is 1. The van der Waals surface area contributed by atoms with Crippen LogP contribution in [-0.2, 0) is 10.0 Å². The number of hydrogen-bond donors (Lipinski definition) is 1. The van der Waals surface area contributed by atoms with E-state index >= 15 is 0 Å². The van der Waals surface area contributed by atoms with Gasteiger partial charge in [-0.3, -0.25) is 4.72 Å². The zero-order valence-electron chi connectivity index (χ0n) is 12.5. The normalized spacial score (nSPS) is 10.9. The van der Waals surface area contributed by atoms with Crippen LogP contribution < -0.4 is 18.9 Å². The summed E-state index contributed by atoms with van der Waals surface area (Å²) in [5.41, 5.74) is 0.383. The molecule has 0 aliphatic heterocycles. The predicted molar refractivity (Wildman–Crippen MR) is 83.3 cm³/mol. The van der Waals surface area contributed by atoms with E-state index in [9.17, 15) is 8.42 Å². The van der Waals surface area contributed by atoms with Gasteiger partial charge in [0.15, 0.2) is 11.5 Å². The van der Waals surface area contributed by atoms with Crippen LogP contribution >= 0.6 is 0 Å². The minimum absolute atomic E-state index is 0.142. The molecule has 0 saturated heterocycles. The zero-order valence-corrected chi connectivity index (χ0v) is 13.3. The second kappa shape index (κ2) is 6.57. The molecule has 0 aliphatic rings. The molecule has 0 aromatic heterocycles. The smallest absolute Gasteiger partial charge is 0.261 e. The lowest BCUT2D eigenvalue weighted by atomic mass is 10.3. The molecular weight excluding hydrogens is 306 g/mol. The van der Waals surface area contributed by atoms with Gasteiger partial charge in [-0.05, 0) is 36.4 Å². The SMILES string of the molecule is COc1ccc(S(=O)(=O)Nc2ccc(OC)c(OC)c2)cc1. The maximum atomic E-state index is 12.3. The Bertz CT molecular complexity index is 741. The van der Waals surface area contributed by atoms with Crippen molar-refractivity contribution in [2.45, 2.75) is 4.90 Å². The monoisotopic (exact) mass is 323 g/mol. The van der Waals surface area contributed by atoms with Gasteiger partial charge in [0.2, 0.25) is 0 Å². The third-order valence-corrected chi connectivity index (χ3v) is 4.40. The maximum absolute atomic E-state index is 12.3. The molecule has 7 heteroatoms.